The molecular weight excluding hydrogens is 304 g/mol. The topological polar surface area (TPSA) is 52.9 Å². The monoisotopic (exact) mass is 320 g/mol. The van der Waals surface area contributed by atoms with Crippen LogP contribution < -0.4 is 5.32 Å². The number of carbonyl (C=O) groups is 1. The quantitative estimate of drug-likeness (QED) is 0.923. The lowest BCUT2D eigenvalue weighted by atomic mass is 9.86. The Bertz CT molecular complexity index is 498. The maximum atomic E-state index is 12.3. The highest BCUT2D eigenvalue weighted by Crippen LogP contribution is 2.38. The number of rotatable bonds is 3. The van der Waals surface area contributed by atoms with Crippen molar-refractivity contribution in [3.05, 3.63) is 34.3 Å². The van der Waals surface area contributed by atoms with Crippen LogP contribution in [0.5, 0.6) is 0 Å². The molecule has 0 radical (unpaired) electrons. The standard InChI is InChI=1S/C15H17BrN2O/c1-11(12-4-6-13(16)7-5-12)18-14(19)15(10-17)8-2-3-9-15/h4-7,11H,2-3,8-9H2,1H3,(H,18,19)/t11-/m1/s1. The Kier molecular flexibility index (Phi) is 4.26. The second kappa shape index (κ2) is 5.75. The van der Waals surface area contributed by atoms with E-state index in [1.54, 1.807) is 0 Å². The van der Waals surface area contributed by atoms with E-state index in [0.29, 0.717) is 12.8 Å². The van der Waals surface area contributed by atoms with Crippen molar-refractivity contribution in [1.82, 2.24) is 5.32 Å². The Morgan fingerprint density at radius 2 is 1.95 bits per heavy atom. The Hall–Kier alpha value is -1.34. The first-order valence-corrected chi connectivity index (χ1v) is 7.34. The second-order valence-corrected chi connectivity index (χ2v) is 6.06. The molecule has 1 saturated carbocycles. The predicted molar refractivity (Wildman–Crippen MR) is 77.2 cm³/mol. The summed E-state index contributed by atoms with van der Waals surface area (Å²) in [6.07, 6.45) is 3.30. The average Bonchev–Trinajstić information content (AvgIpc) is 2.89. The summed E-state index contributed by atoms with van der Waals surface area (Å²) in [6.45, 7) is 1.95. The van der Waals surface area contributed by atoms with Crippen LogP contribution in [0.15, 0.2) is 28.7 Å². The van der Waals surface area contributed by atoms with Crippen molar-refractivity contribution in [2.45, 2.75) is 38.6 Å². The number of carbonyl (C=O) groups excluding carboxylic acids is 1. The van der Waals surface area contributed by atoms with Crippen LogP contribution >= 0.6 is 15.9 Å². The number of benzene rings is 1. The molecule has 0 heterocycles. The molecule has 100 valence electrons. The first-order chi connectivity index (χ1) is 9.07. The largest absolute Gasteiger partial charge is 0.348 e. The van der Waals surface area contributed by atoms with E-state index >= 15 is 0 Å². The normalized spacial score (nSPS) is 18.6. The van der Waals surface area contributed by atoms with E-state index in [4.69, 9.17) is 0 Å². The van der Waals surface area contributed by atoms with Crippen LogP contribution in [0.25, 0.3) is 0 Å². The van der Waals surface area contributed by atoms with Gasteiger partial charge in [0.25, 0.3) is 0 Å². The molecular formula is C15H17BrN2O. The van der Waals surface area contributed by atoms with E-state index in [2.05, 4.69) is 27.3 Å². The van der Waals surface area contributed by atoms with Gasteiger partial charge in [-0.05, 0) is 37.5 Å². The summed E-state index contributed by atoms with van der Waals surface area (Å²) >= 11 is 3.39. The smallest absolute Gasteiger partial charge is 0.240 e. The molecule has 0 saturated heterocycles. The lowest BCUT2D eigenvalue weighted by Gasteiger charge is -2.23. The van der Waals surface area contributed by atoms with E-state index in [-0.39, 0.29) is 11.9 Å². The third-order valence-corrected chi connectivity index (χ3v) is 4.35. The number of amides is 1. The Morgan fingerprint density at radius 3 is 2.47 bits per heavy atom. The summed E-state index contributed by atoms with van der Waals surface area (Å²) in [4.78, 5) is 12.3. The highest BCUT2D eigenvalue weighted by molar-refractivity contribution is 9.10. The number of hydrogen-bond donors (Lipinski definition) is 1. The molecule has 0 bridgehead atoms. The van der Waals surface area contributed by atoms with Crippen molar-refractivity contribution in [2.24, 2.45) is 5.41 Å². The van der Waals surface area contributed by atoms with E-state index in [9.17, 15) is 10.1 Å². The minimum absolute atomic E-state index is 0.0774. The summed E-state index contributed by atoms with van der Waals surface area (Å²) in [5.74, 6) is -0.122. The van der Waals surface area contributed by atoms with Gasteiger partial charge in [0, 0.05) is 4.47 Å². The van der Waals surface area contributed by atoms with Crippen molar-refractivity contribution in [1.29, 1.82) is 5.26 Å². The van der Waals surface area contributed by atoms with Gasteiger partial charge in [0.05, 0.1) is 12.1 Å². The molecule has 1 aromatic carbocycles. The van der Waals surface area contributed by atoms with Crippen molar-refractivity contribution >= 4 is 21.8 Å². The number of halogens is 1. The molecule has 0 aromatic heterocycles. The van der Waals surface area contributed by atoms with Crippen LogP contribution in [0.3, 0.4) is 0 Å². The molecule has 1 fully saturated rings. The number of nitrogens with one attached hydrogen (secondary N) is 1. The van der Waals surface area contributed by atoms with E-state index in [1.807, 2.05) is 31.2 Å². The van der Waals surface area contributed by atoms with Crippen LogP contribution in [0.4, 0.5) is 0 Å². The fraction of sp³-hybridized carbons (Fsp3) is 0.467. The molecule has 4 heteroatoms. The predicted octanol–water partition coefficient (Wildman–Crippen LogP) is 3.71. The Labute approximate surface area is 122 Å². The number of nitriles is 1. The molecule has 3 nitrogen and oxygen atoms in total. The molecule has 1 atom stereocenters. The van der Waals surface area contributed by atoms with Gasteiger partial charge in [-0.2, -0.15) is 5.26 Å². The van der Waals surface area contributed by atoms with Crippen LogP contribution in [0.2, 0.25) is 0 Å². The summed E-state index contributed by atoms with van der Waals surface area (Å²) in [5.41, 5.74) is 0.242. The molecule has 1 aromatic rings. The molecule has 1 amide bonds. The van der Waals surface area contributed by atoms with Crippen LogP contribution in [-0.2, 0) is 4.79 Å². The number of hydrogen-bond acceptors (Lipinski definition) is 2. The zero-order chi connectivity index (χ0) is 13.9. The maximum absolute atomic E-state index is 12.3. The highest BCUT2D eigenvalue weighted by Gasteiger charge is 2.41. The fourth-order valence-corrected chi connectivity index (χ4v) is 2.80. The van der Waals surface area contributed by atoms with Gasteiger partial charge in [-0.3, -0.25) is 4.79 Å². The second-order valence-electron chi connectivity index (χ2n) is 5.15. The lowest BCUT2D eigenvalue weighted by Crippen LogP contribution is -2.39. The van der Waals surface area contributed by atoms with Gasteiger partial charge in [0.1, 0.15) is 5.41 Å². The van der Waals surface area contributed by atoms with Gasteiger partial charge in [-0.15, -0.1) is 0 Å². The Morgan fingerprint density at radius 1 is 1.37 bits per heavy atom. The third-order valence-electron chi connectivity index (χ3n) is 3.82. The van der Waals surface area contributed by atoms with Crippen molar-refractivity contribution in [3.8, 4) is 6.07 Å². The van der Waals surface area contributed by atoms with E-state index in [0.717, 1.165) is 22.9 Å². The van der Waals surface area contributed by atoms with E-state index in [1.165, 1.54) is 0 Å². The first-order valence-electron chi connectivity index (χ1n) is 6.55. The van der Waals surface area contributed by atoms with Gasteiger partial charge in [-0.1, -0.05) is 40.9 Å². The van der Waals surface area contributed by atoms with Gasteiger partial charge in [0.2, 0.25) is 5.91 Å². The van der Waals surface area contributed by atoms with Crippen LogP contribution in [0, 0.1) is 16.7 Å². The molecule has 19 heavy (non-hydrogen) atoms. The van der Waals surface area contributed by atoms with Gasteiger partial charge < -0.3 is 5.32 Å². The maximum Gasteiger partial charge on any atom is 0.240 e. The summed E-state index contributed by atoms with van der Waals surface area (Å²) in [5, 5.41) is 12.3. The molecule has 0 spiro atoms. The minimum Gasteiger partial charge on any atom is -0.348 e. The van der Waals surface area contributed by atoms with Crippen molar-refractivity contribution in [3.63, 3.8) is 0 Å². The zero-order valence-corrected chi connectivity index (χ0v) is 12.5. The molecule has 0 aliphatic heterocycles. The summed E-state index contributed by atoms with van der Waals surface area (Å²) in [6, 6.07) is 10.0. The zero-order valence-electron chi connectivity index (χ0n) is 10.9. The molecule has 1 N–H and O–H groups in total. The van der Waals surface area contributed by atoms with Crippen LogP contribution in [-0.4, -0.2) is 5.91 Å². The molecule has 2 rings (SSSR count). The SMILES string of the molecule is C[C@@H](NC(=O)C1(C#N)CCCC1)c1ccc(Br)cc1. The van der Waals surface area contributed by atoms with Crippen molar-refractivity contribution < 1.29 is 4.79 Å². The van der Waals surface area contributed by atoms with Gasteiger partial charge >= 0.3 is 0 Å². The summed E-state index contributed by atoms with van der Waals surface area (Å²) in [7, 11) is 0. The molecule has 1 aliphatic carbocycles. The van der Waals surface area contributed by atoms with Gasteiger partial charge in [-0.25, -0.2) is 0 Å². The fourth-order valence-electron chi connectivity index (χ4n) is 2.54. The first kappa shape index (κ1) is 14.1. The summed E-state index contributed by atoms with van der Waals surface area (Å²) < 4.78 is 1.01. The molecule has 1 aliphatic rings. The lowest BCUT2D eigenvalue weighted by molar-refractivity contribution is -0.128. The third kappa shape index (κ3) is 2.98. The minimum atomic E-state index is -0.802. The average molecular weight is 321 g/mol. The number of nitrogens with zero attached hydrogens (tertiary/aromatic N) is 1. The van der Waals surface area contributed by atoms with Crippen LogP contribution in [0.1, 0.15) is 44.2 Å². The molecule has 0 unspecified atom stereocenters. The van der Waals surface area contributed by atoms with E-state index < -0.39 is 5.41 Å². The van der Waals surface area contributed by atoms with Crippen molar-refractivity contribution in [2.75, 3.05) is 0 Å². The highest BCUT2D eigenvalue weighted by atomic mass is 79.9. The van der Waals surface area contributed by atoms with Gasteiger partial charge in [0.15, 0.2) is 0 Å². The Balaban J connectivity index is 2.06.